The molecule has 1 atom stereocenters. The lowest BCUT2D eigenvalue weighted by atomic mass is 10.00. The van der Waals surface area contributed by atoms with E-state index in [-0.39, 0.29) is 18.0 Å². The summed E-state index contributed by atoms with van der Waals surface area (Å²) in [7, 11) is 0.974. The van der Waals surface area contributed by atoms with Gasteiger partial charge in [-0.1, -0.05) is 12.5 Å². The Bertz CT molecular complexity index is 1030. The first-order valence-corrected chi connectivity index (χ1v) is 14.1. The third-order valence-corrected chi connectivity index (χ3v) is 9.05. The van der Waals surface area contributed by atoms with Crippen molar-refractivity contribution in [2.24, 2.45) is 0 Å². The molecule has 0 radical (unpaired) electrons. The van der Waals surface area contributed by atoms with E-state index in [1.807, 2.05) is 35.2 Å². The summed E-state index contributed by atoms with van der Waals surface area (Å²) in [6, 6.07) is 19.0. The minimum Gasteiger partial charge on any atom is -0.338 e. The van der Waals surface area contributed by atoms with Gasteiger partial charge in [0, 0.05) is 48.2 Å². The van der Waals surface area contributed by atoms with Crippen molar-refractivity contribution in [3.05, 3.63) is 59.7 Å². The van der Waals surface area contributed by atoms with Crippen LogP contribution in [0, 0.1) is 11.3 Å². The predicted octanol–water partition coefficient (Wildman–Crippen LogP) is 6.57. The molecule has 186 valence electrons. The highest BCUT2D eigenvalue weighted by atomic mass is 31.1. The highest BCUT2D eigenvalue weighted by molar-refractivity contribution is 7.36. The summed E-state index contributed by atoms with van der Waals surface area (Å²) >= 11 is 0. The standard InChI is InChI=1S/C29H39N4OP/c1-21(2)32(22(3)4)29(34)24-11-13-25(14-12-24)33(27-8-5-7-23(19-27)20-30)26-15-17-31(18-16-26)35-28-9-6-10-28/h5,7-8,11-14,19,21-22,26,28,35H,6,9-10,15-18H2,1-4H3. The van der Waals surface area contributed by atoms with Crippen LogP contribution >= 0.6 is 8.73 Å². The maximum absolute atomic E-state index is 13.2. The molecule has 1 amide bonds. The van der Waals surface area contributed by atoms with Gasteiger partial charge in [-0.3, -0.25) is 9.46 Å². The Morgan fingerprint density at radius 3 is 2.17 bits per heavy atom. The van der Waals surface area contributed by atoms with E-state index in [0.717, 1.165) is 57.3 Å². The average molecular weight is 491 g/mol. The van der Waals surface area contributed by atoms with Gasteiger partial charge in [0.15, 0.2) is 0 Å². The highest BCUT2D eigenvalue weighted by Crippen LogP contribution is 2.41. The van der Waals surface area contributed by atoms with Crippen LogP contribution in [0.25, 0.3) is 0 Å². The Kier molecular flexibility index (Phi) is 8.47. The second-order valence-corrected chi connectivity index (χ2v) is 12.2. The first-order valence-electron chi connectivity index (χ1n) is 13.1. The molecule has 0 bridgehead atoms. The smallest absolute Gasteiger partial charge is 0.254 e. The molecule has 6 heteroatoms. The Morgan fingerprint density at radius 2 is 1.63 bits per heavy atom. The fourth-order valence-corrected chi connectivity index (χ4v) is 7.02. The average Bonchev–Trinajstić information content (AvgIpc) is 2.82. The molecule has 2 aromatic carbocycles. The quantitative estimate of drug-likeness (QED) is 0.393. The molecule has 2 fully saturated rings. The van der Waals surface area contributed by atoms with Crippen LogP contribution < -0.4 is 4.90 Å². The number of benzene rings is 2. The van der Waals surface area contributed by atoms with Crippen LogP contribution in [0.1, 0.15) is 75.7 Å². The molecular weight excluding hydrogens is 451 g/mol. The van der Waals surface area contributed by atoms with Crippen molar-refractivity contribution in [1.29, 1.82) is 5.26 Å². The lowest BCUT2D eigenvalue weighted by Crippen LogP contribution is -2.42. The number of hydrogen-bond donors (Lipinski definition) is 0. The lowest BCUT2D eigenvalue weighted by Gasteiger charge is -2.41. The largest absolute Gasteiger partial charge is 0.338 e. The minimum absolute atomic E-state index is 0.0740. The van der Waals surface area contributed by atoms with Crippen LogP contribution in [0.15, 0.2) is 48.5 Å². The monoisotopic (exact) mass is 490 g/mol. The van der Waals surface area contributed by atoms with Gasteiger partial charge in [0.05, 0.1) is 11.6 Å². The van der Waals surface area contributed by atoms with Gasteiger partial charge >= 0.3 is 0 Å². The first kappa shape index (κ1) is 25.7. The molecule has 1 aliphatic heterocycles. The molecule has 1 saturated carbocycles. The summed E-state index contributed by atoms with van der Waals surface area (Å²) in [5.41, 5.74) is 4.45. The number of carbonyl (C=O) groups is 1. The molecule has 2 aromatic rings. The molecule has 2 aliphatic rings. The number of nitrogens with zero attached hydrogens (tertiary/aromatic N) is 4. The third-order valence-electron chi connectivity index (χ3n) is 7.29. The van der Waals surface area contributed by atoms with Crippen LogP contribution in [0.4, 0.5) is 11.4 Å². The zero-order valence-corrected chi connectivity index (χ0v) is 22.6. The van der Waals surface area contributed by atoms with E-state index in [9.17, 15) is 10.1 Å². The zero-order chi connectivity index (χ0) is 24.9. The Hall–Kier alpha value is -2.41. The fraction of sp³-hybridized carbons (Fsp3) is 0.517. The van der Waals surface area contributed by atoms with Gasteiger partial charge < -0.3 is 9.80 Å². The molecule has 1 unspecified atom stereocenters. The van der Waals surface area contributed by atoms with E-state index in [0.29, 0.717) is 11.6 Å². The van der Waals surface area contributed by atoms with Crippen LogP contribution in [-0.2, 0) is 0 Å². The van der Waals surface area contributed by atoms with Crippen LogP contribution in [-0.4, -0.2) is 52.4 Å². The number of amides is 1. The predicted molar refractivity (Wildman–Crippen MR) is 147 cm³/mol. The SMILES string of the molecule is CC(C)N(C(=O)c1ccc(N(c2cccc(C#N)c2)C2CCN(PC3CCC3)CC2)cc1)C(C)C. The second kappa shape index (κ2) is 11.5. The summed E-state index contributed by atoms with van der Waals surface area (Å²) in [4.78, 5) is 17.5. The van der Waals surface area contributed by atoms with Crippen LogP contribution in [0.5, 0.6) is 0 Å². The summed E-state index contributed by atoms with van der Waals surface area (Å²) in [5.74, 6) is 0.0740. The molecular formula is C29H39N4OP. The molecule has 35 heavy (non-hydrogen) atoms. The zero-order valence-electron chi connectivity index (χ0n) is 21.6. The van der Waals surface area contributed by atoms with Crippen LogP contribution in [0.2, 0.25) is 0 Å². The number of hydrogen-bond acceptors (Lipinski definition) is 4. The van der Waals surface area contributed by atoms with Gasteiger partial charge in [-0.15, -0.1) is 0 Å². The van der Waals surface area contributed by atoms with Crippen LogP contribution in [0.3, 0.4) is 0 Å². The second-order valence-electron chi connectivity index (χ2n) is 10.5. The van der Waals surface area contributed by atoms with Crippen molar-refractivity contribution >= 4 is 26.0 Å². The molecule has 0 N–H and O–H groups in total. The minimum atomic E-state index is 0.0740. The summed E-state index contributed by atoms with van der Waals surface area (Å²) in [6.07, 6.45) is 6.42. The van der Waals surface area contributed by atoms with Crippen molar-refractivity contribution in [1.82, 2.24) is 9.57 Å². The third kappa shape index (κ3) is 6.05. The van der Waals surface area contributed by atoms with E-state index in [1.165, 1.54) is 19.3 Å². The summed E-state index contributed by atoms with van der Waals surface area (Å²) in [6.45, 7) is 10.5. The van der Waals surface area contributed by atoms with Gasteiger partial charge in [0.1, 0.15) is 0 Å². The topological polar surface area (TPSA) is 50.6 Å². The summed E-state index contributed by atoms with van der Waals surface area (Å²) < 4.78 is 2.67. The van der Waals surface area contributed by atoms with Gasteiger partial charge in [0.2, 0.25) is 0 Å². The highest BCUT2D eigenvalue weighted by Gasteiger charge is 2.29. The van der Waals surface area contributed by atoms with E-state index in [4.69, 9.17) is 0 Å². The van der Waals surface area contributed by atoms with Crippen molar-refractivity contribution in [3.8, 4) is 6.07 Å². The number of piperidine rings is 1. The van der Waals surface area contributed by atoms with Crippen molar-refractivity contribution < 1.29 is 4.79 Å². The van der Waals surface area contributed by atoms with E-state index in [1.54, 1.807) is 0 Å². The Morgan fingerprint density at radius 1 is 0.971 bits per heavy atom. The van der Waals surface area contributed by atoms with Gasteiger partial charge in [-0.05, 0) is 110 Å². The molecule has 0 aromatic heterocycles. The number of anilines is 2. The van der Waals surface area contributed by atoms with Crippen molar-refractivity contribution in [2.45, 2.75) is 83.6 Å². The molecule has 1 saturated heterocycles. The van der Waals surface area contributed by atoms with Crippen molar-refractivity contribution in [3.63, 3.8) is 0 Å². The van der Waals surface area contributed by atoms with E-state index >= 15 is 0 Å². The molecule has 1 aliphatic carbocycles. The van der Waals surface area contributed by atoms with Gasteiger partial charge in [-0.25, -0.2) is 0 Å². The Balaban J connectivity index is 1.57. The molecule has 5 nitrogen and oxygen atoms in total. The van der Waals surface area contributed by atoms with E-state index in [2.05, 4.69) is 61.5 Å². The lowest BCUT2D eigenvalue weighted by molar-refractivity contribution is 0.0644. The number of carbonyl (C=O) groups excluding carboxylic acids is 1. The normalized spacial score (nSPS) is 17.6. The van der Waals surface area contributed by atoms with Gasteiger partial charge in [-0.2, -0.15) is 5.26 Å². The maximum Gasteiger partial charge on any atom is 0.254 e. The van der Waals surface area contributed by atoms with Gasteiger partial charge in [0.25, 0.3) is 5.91 Å². The molecule has 4 rings (SSSR count). The fourth-order valence-electron chi connectivity index (χ4n) is 5.32. The first-order chi connectivity index (χ1) is 16.9. The van der Waals surface area contributed by atoms with E-state index < -0.39 is 0 Å². The maximum atomic E-state index is 13.2. The number of rotatable bonds is 8. The molecule has 0 spiro atoms. The number of nitriles is 1. The Labute approximate surface area is 212 Å². The van der Waals surface area contributed by atoms with Crippen molar-refractivity contribution in [2.75, 3.05) is 18.0 Å². The molecule has 1 heterocycles. The summed E-state index contributed by atoms with van der Waals surface area (Å²) in [5, 5.41) is 9.49.